The standard InChI is InChI=1S/C35H47N15O24P4/c1-12(2)68-21-14(70-31(20(21)53)49-10-42-16-26(49)43-33(37)45-28(16)54)5-65-75(56,57)72-23-22-32(48-9-41-15-24(36)39-8-40-25(15)48)71-35(23,6-64-22)7-67-77(60,61)74-78(62,63)73-76(58,59)66-4-13-18(51)19(52)30(69-13)50-11-47(3)17-27(50)44-34(38)46-29(17)55/h8-14,18-23,30-32,51-53H,4-7H2,1-3H3,(H11-,36,37,38,39,40,43,44,45,46,54,55,56,57,58,59,60,61,62,63)/p-3/t13-,14-,18+,19?,20?,21+,22?,23-,30-,31-,32-,35-/m1/s1. The van der Waals surface area contributed by atoms with Crippen molar-refractivity contribution in [3.05, 3.63) is 46.0 Å². The molecule has 43 heteroatoms. The molecule has 4 aliphatic heterocycles. The summed E-state index contributed by atoms with van der Waals surface area (Å²) < 4.78 is 115. The Morgan fingerprint density at radius 1 is 0.795 bits per heavy atom. The van der Waals surface area contributed by atoms with Gasteiger partial charge < -0.3 is 93.9 Å². The summed E-state index contributed by atoms with van der Waals surface area (Å²) in [6.07, 6.45) is -13.8. The van der Waals surface area contributed by atoms with Crippen LogP contribution >= 0.6 is 31.3 Å². The van der Waals surface area contributed by atoms with E-state index in [2.05, 4.69) is 53.0 Å². The summed E-state index contributed by atoms with van der Waals surface area (Å²) in [6, 6.07) is 0. The zero-order valence-electron chi connectivity index (χ0n) is 40.0. The number of nitrogen functional groups attached to an aromatic ring is 3. The summed E-state index contributed by atoms with van der Waals surface area (Å²) in [4.78, 5) is 106. The number of hydrogen-bond donors (Lipinski definition) is 8. The van der Waals surface area contributed by atoms with Gasteiger partial charge in [0.15, 0.2) is 41.4 Å². The summed E-state index contributed by atoms with van der Waals surface area (Å²) >= 11 is 0. The molecule has 10 rings (SSSR count). The number of nitrogens with two attached hydrogens (primary N) is 3. The van der Waals surface area contributed by atoms with Crippen LogP contribution in [0.1, 0.15) is 32.5 Å². The van der Waals surface area contributed by atoms with Crippen LogP contribution in [0.5, 0.6) is 0 Å². The maximum absolute atomic E-state index is 13.9. The Balaban J connectivity index is 0.823. The highest BCUT2D eigenvalue weighted by Crippen LogP contribution is 2.64. The van der Waals surface area contributed by atoms with Crippen LogP contribution in [0.4, 0.5) is 17.7 Å². The predicted molar refractivity (Wildman–Crippen MR) is 242 cm³/mol. The molecule has 0 radical (unpaired) electrons. The van der Waals surface area contributed by atoms with E-state index >= 15 is 0 Å². The summed E-state index contributed by atoms with van der Waals surface area (Å²) in [5.41, 5.74) is 13.2. The van der Waals surface area contributed by atoms with Crippen LogP contribution in [-0.4, -0.2) is 156 Å². The highest BCUT2D eigenvalue weighted by Gasteiger charge is 2.65. The van der Waals surface area contributed by atoms with Gasteiger partial charge in [0.1, 0.15) is 66.3 Å². The molecule has 11 N–H and O–H groups in total. The molecular formula is C35H44N15O24P4-3. The Hall–Kier alpha value is -5.15. The van der Waals surface area contributed by atoms with Gasteiger partial charge in [0.25, 0.3) is 48.4 Å². The number of aliphatic hydroxyl groups excluding tert-OH is 3. The predicted octanol–water partition coefficient (Wildman–Crippen LogP) is -6.05. The van der Waals surface area contributed by atoms with Crippen molar-refractivity contribution in [2.24, 2.45) is 7.05 Å². The third-order valence-electron chi connectivity index (χ3n) is 12.4. The molecule has 4 fully saturated rings. The quantitative estimate of drug-likeness (QED) is 0.0260. The van der Waals surface area contributed by atoms with Crippen molar-refractivity contribution in [2.75, 3.05) is 43.6 Å². The number of imidazole rings is 3. The van der Waals surface area contributed by atoms with E-state index in [0.29, 0.717) is 0 Å². The number of aromatic amines is 2. The Bertz CT molecular complexity index is 3620. The molecule has 0 aromatic carbocycles. The van der Waals surface area contributed by atoms with Crippen molar-refractivity contribution in [3.8, 4) is 0 Å². The van der Waals surface area contributed by atoms with Crippen LogP contribution in [-0.2, 0) is 75.7 Å². The minimum Gasteiger partial charge on any atom is -0.756 e. The third-order valence-corrected chi connectivity index (χ3v) is 17.5. The number of fused-ring (bicyclic) bond motifs is 5. The highest BCUT2D eigenvalue weighted by atomic mass is 31.3. The fraction of sp³-hybridized carbons (Fsp3) is 0.571. The monoisotopic (exact) mass is 1180 g/mol. The summed E-state index contributed by atoms with van der Waals surface area (Å²) in [5.74, 6) is -0.717. The molecule has 7 unspecified atom stereocenters. The van der Waals surface area contributed by atoms with Crippen molar-refractivity contribution < 1.29 is 108 Å². The van der Waals surface area contributed by atoms with Crippen LogP contribution in [0.3, 0.4) is 0 Å². The molecule has 6 aromatic heterocycles. The number of nitrogens with one attached hydrogen (secondary N) is 2. The van der Waals surface area contributed by atoms with E-state index < -0.39 is 148 Å². The second-order valence-corrected chi connectivity index (χ2v) is 23.9. The average Bonchev–Trinajstić information content (AvgIpc) is 4.29. The van der Waals surface area contributed by atoms with E-state index in [9.17, 15) is 62.7 Å². The number of hydrogen-bond acceptors (Lipinski definition) is 33. The lowest BCUT2D eigenvalue weighted by Crippen LogP contribution is -2.46. The maximum Gasteiger partial charge on any atom is 0.313 e. The number of phosphoric acid groups is 4. The molecule has 0 amide bonds. The number of aliphatic hydroxyl groups is 3. The van der Waals surface area contributed by atoms with Gasteiger partial charge in [-0.2, -0.15) is 4.98 Å². The van der Waals surface area contributed by atoms with Crippen molar-refractivity contribution in [1.29, 1.82) is 0 Å². The Labute approximate surface area is 433 Å². The second kappa shape index (κ2) is 20.4. The normalized spacial score (nSPS) is 31.3. The fourth-order valence-corrected chi connectivity index (χ4v) is 13.6. The van der Waals surface area contributed by atoms with Crippen LogP contribution in [0, 0.1) is 0 Å². The van der Waals surface area contributed by atoms with E-state index in [0.717, 1.165) is 23.5 Å². The largest absolute Gasteiger partial charge is 0.756 e. The van der Waals surface area contributed by atoms with Gasteiger partial charge in [-0.25, -0.2) is 33.1 Å². The smallest absolute Gasteiger partial charge is 0.313 e. The summed E-state index contributed by atoms with van der Waals surface area (Å²) in [6.45, 7) is -1.10. The first-order valence-electron chi connectivity index (χ1n) is 22.6. The molecule has 39 nitrogen and oxygen atoms in total. The van der Waals surface area contributed by atoms with E-state index in [-0.39, 0.29) is 51.2 Å². The molecule has 0 saturated carbocycles. The fourth-order valence-electron chi connectivity index (χ4n) is 9.17. The van der Waals surface area contributed by atoms with Crippen LogP contribution in [0.25, 0.3) is 33.5 Å². The number of rotatable bonds is 20. The molecule has 0 aliphatic carbocycles. The number of phosphoric ester groups is 3. The van der Waals surface area contributed by atoms with Gasteiger partial charge in [-0.05, 0) is 13.8 Å². The first-order valence-corrected chi connectivity index (χ1v) is 28.4. The number of nitrogens with zero attached hydrogens (tertiary/aromatic N) is 10. The molecule has 16 atom stereocenters. The lowest BCUT2D eigenvalue weighted by atomic mass is 10.0. The SMILES string of the molecule is CC(C)O[C@@H]1C(O)[C@H](n2cnc3c(=O)[nH]c(N)nc32)O[C@@H]1COP(=O)([O-])O[C@@H]1C2OC[C@]1(COP(=O)([O-])OP(=O)([O-])OP(=O)([O-])OC[C@H]1O[C@@H]([n+]3cn(C)c4c(=O)[nH]c(N)nc43)C(O)[C@H]1O)O[C@H]2n1cnc2c(N)ncnc21. The number of ether oxygens (including phenoxy) is 5. The van der Waals surface area contributed by atoms with Crippen LogP contribution in [0.2, 0.25) is 0 Å². The number of aromatic nitrogens is 12. The number of H-pyrrole nitrogens is 2. The zero-order valence-corrected chi connectivity index (χ0v) is 43.6. The first kappa shape index (κ1) is 56.1. The second-order valence-electron chi connectivity index (χ2n) is 18.1. The Morgan fingerprint density at radius 2 is 1.44 bits per heavy atom. The van der Waals surface area contributed by atoms with Gasteiger partial charge >= 0.3 is 5.65 Å². The minimum atomic E-state index is -6.60. The van der Waals surface area contributed by atoms with Crippen LogP contribution in [0.15, 0.2) is 34.9 Å². The number of aryl methyl sites for hydroxylation is 1. The van der Waals surface area contributed by atoms with E-state index in [1.807, 2.05) is 0 Å². The average molecular weight is 1180 g/mol. The van der Waals surface area contributed by atoms with Gasteiger partial charge in [-0.15, -0.1) is 0 Å². The molecule has 6 aromatic rings. The highest BCUT2D eigenvalue weighted by molar-refractivity contribution is 7.65. The van der Waals surface area contributed by atoms with Crippen molar-refractivity contribution >= 4 is 82.5 Å². The molecule has 0 spiro atoms. The van der Waals surface area contributed by atoms with E-state index in [4.69, 9.17) is 54.5 Å². The van der Waals surface area contributed by atoms with E-state index in [1.165, 1.54) is 27.1 Å². The van der Waals surface area contributed by atoms with E-state index in [1.54, 1.807) is 13.8 Å². The third kappa shape index (κ3) is 10.7. The zero-order chi connectivity index (χ0) is 56.2. The Kier molecular flexibility index (Phi) is 14.7. The minimum absolute atomic E-state index is 0.00294. The van der Waals surface area contributed by atoms with Crippen molar-refractivity contribution in [2.45, 2.75) is 93.1 Å². The molecule has 4 aliphatic rings. The van der Waals surface area contributed by atoms with Crippen molar-refractivity contribution in [3.63, 3.8) is 0 Å². The molecule has 10 heterocycles. The van der Waals surface area contributed by atoms with Gasteiger partial charge in [-0.1, -0.05) is 4.98 Å². The van der Waals surface area contributed by atoms with Gasteiger partial charge in [0.2, 0.25) is 17.7 Å². The summed E-state index contributed by atoms with van der Waals surface area (Å²) in [5, 5.41) is 32.9. The van der Waals surface area contributed by atoms with Crippen LogP contribution < -0.4 is 52.5 Å². The van der Waals surface area contributed by atoms with Gasteiger partial charge in [0.05, 0.1) is 52.2 Å². The first-order chi connectivity index (χ1) is 36.6. The molecule has 78 heavy (non-hydrogen) atoms. The van der Waals surface area contributed by atoms with Gasteiger partial charge in [-0.3, -0.25) is 51.5 Å². The molecule has 2 bridgehead atoms. The van der Waals surface area contributed by atoms with Gasteiger partial charge in [0, 0.05) is 0 Å². The summed E-state index contributed by atoms with van der Waals surface area (Å²) in [7, 11) is -23.4. The lowest BCUT2D eigenvalue weighted by Gasteiger charge is -2.37. The molecule has 4 saturated heterocycles. The Morgan fingerprint density at radius 3 is 2.15 bits per heavy atom. The molecular weight excluding hydrogens is 1140 g/mol. The maximum atomic E-state index is 13.9. The lowest BCUT2D eigenvalue weighted by molar-refractivity contribution is -0.745. The number of anilines is 3. The van der Waals surface area contributed by atoms with Crippen molar-refractivity contribution in [1.82, 2.24) is 53.6 Å². The molecule has 426 valence electrons. The topological polar surface area (TPSA) is 563 Å².